The minimum Gasteiger partial charge on any atom is -0.352 e. The molecule has 28 heavy (non-hydrogen) atoms. The quantitative estimate of drug-likeness (QED) is 0.695. The Bertz CT molecular complexity index is 918. The Kier molecular flexibility index (Phi) is 5.53. The number of nitrogens with one attached hydrogen (secondary N) is 1. The SMILES string of the molecule is NC1CCC(C(=O)NCc2ccccc2-c2ccc(Cn3ccnc3)cc2)C1. The zero-order chi connectivity index (χ0) is 19.3. The summed E-state index contributed by atoms with van der Waals surface area (Å²) in [7, 11) is 0. The summed E-state index contributed by atoms with van der Waals surface area (Å²) in [4.78, 5) is 16.5. The maximum Gasteiger partial charge on any atom is 0.223 e. The molecule has 0 aliphatic heterocycles. The smallest absolute Gasteiger partial charge is 0.223 e. The number of imidazole rings is 1. The molecule has 1 aliphatic rings. The van der Waals surface area contributed by atoms with Gasteiger partial charge in [-0.15, -0.1) is 0 Å². The van der Waals surface area contributed by atoms with E-state index in [-0.39, 0.29) is 17.9 Å². The van der Waals surface area contributed by atoms with Gasteiger partial charge in [-0.05, 0) is 41.5 Å². The van der Waals surface area contributed by atoms with Gasteiger partial charge in [-0.3, -0.25) is 4.79 Å². The molecule has 0 bridgehead atoms. The third-order valence-electron chi connectivity index (χ3n) is 5.50. The molecular weight excluding hydrogens is 348 g/mol. The molecule has 0 saturated heterocycles. The molecule has 5 nitrogen and oxygen atoms in total. The van der Waals surface area contributed by atoms with Crippen LogP contribution >= 0.6 is 0 Å². The van der Waals surface area contributed by atoms with E-state index in [0.29, 0.717) is 6.54 Å². The Morgan fingerprint density at radius 1 is 1.14 bits per heavy atom. The summed E-state index contributed by atoms with van der Waals surface area (Å²) < 4.78 is 2.05. The van der Waals surface area contributed by atoms with Crippen molar-refractivity contribution in [2.45, 2.75) is 38.4 Å². The third kappa shape index (κ3) is 4.31. The van der Waals surface area contributed by atoms with Gasteiger partial charge in [0.15, 0.2) is 0 Å². The van der Waals surface area contributed by atoms with Crippen LogP contribution in [0.25, 0.3) is 11.1 Å². The van der Waals surface area contributed by atoms with E-state index in [2.05, 4.69) is 46.7 Å². The molecule has 144 valence electrons. The lowest BCUT2D eigenvalue weighted by Gasteiger charge is -2.14. The number of nitrogens with two attached hydrogens (primary N) is 1. The van der Waals surface area contributed by atoms with Crippen molar-refractivity contribution in [2.75, 3.05) is 0 Å². The van der Waals surface area contributed by atoms with Gasteiger partial charge in [-0.1, -0.05) is 48.5 Å². The molecule has 1 fully saturated rings. The summed E-state index contributed by atoms with van der Waals surface area (Å²) in [5, 5.41) is 3.11. The summed E-state index contributed by atoms with van der Waals surface area (Å²) >= 11 is 0. The van der Waals surface area contributed by atoms with E-state index in [1.54, 1.807) is 6.20 Å². The second kappa shape index (κ2) is 8.40. The van der Waals surface area contributed by atoms with Crippen LogP contribution in [0.1, 0.15) is 30.4 Å². The summed E-state index contributed by atoms with van der Waals surface area (Å²) in [6, 6.07) is 17.0. The van der Waals surface area contributed by atoms with Gasteiger partial charge in [0, 0.05) is 37.4 Å². The van der Waals surface area contributed by atoms with E-state index in [0.717, 1.165) is 42.5 Å². The second-order valence-corrected chi connectivity index (χ2v) is 7.58. The number of benzene rings is 2. The number of nitrogens with zero attached hydrogens (tertiary/aromatic N) is 2. The van der Waals surface area contributed by atoms with E-state index in [1.807, 2.05) is 29.2 Å². The lowest BCUT2D eigenvalue weighted by atomic mass is 9.98. The first-order valence-electron chi connectivity index (χ1n) is 9.85. The number of hydrogen-bond donors (Lipinski definition) is 2. The maximum absolute atomic E-state index is 12.4. The van der Waals surface area contributed by atoms with Crippen molar-refractivity contribution in [3.05, 3.63) is 78.4 Å². The number of carbonyl (C=O) groups is 1. The van der Waals surface area contributed by atoms with Crippen LogP contribution in [0.2, 0.25) is 0 Å². The lowest BCUT2D eigenvalue weighted by molar-refractivity contribution is -0.125. The van der Waals surface area contributed by atoms with Crippen LogP contribution in [-0.2, 0) is 17.9 Å². The Balaban J connectivity index is 1.44. The van der Waals surface area contributed by atoms with Crippen LogP contribution in [0.15, 0.2) is 67.3 Å². The second-order valence-electron chi connectivity index (χ2n) is 7.58. The van der Waals surface area contributed by atoms with Crippen LogP contribution in [0.5, 0.6) is 0 Å². The average molecular weight is 374 g/mol. The zero-order valence-electron chi connectivity index (χ0n) is 15.9. The molecule has 5 heteroatoms. The Morgan fingerprint density at radius 2 is 1.96 bits per heavy atom. The molecule has 1 amide bonds. The molecule has 1 heterocycles. The summed E-state index contributed by atoms with van der Waals surface area (Å²) in [5.41, 5.74) is 10.6. The highest BCUT2D eigenvalue weighted by molar-refractivity contribution is 5.79. The molecule has 0 spiro atoms. The van der Waals surface area contributed by atoms with E-state index in [4.69, 9.17) is 5.73 Å². The van der Waals surface area contributed by atoms with Crippen molar-refractivity contribution in [2.24, 2.45) is 11.7 Å². The molecular formula is C23H26N4O. The van der Waals surface area contributed by atoms with Gasteiger partial charge in [0.25, 0.3) is 0 Å². The van der Waals surface area contributed by atoms with E-state index < -0.39 is 0 Å². The minimum absolute atomic E-state index is 0.0598. The number of rotatable bonds is 6. The molecule has 2 atom stereocenters. The lowest BCUT2D eigenvalue weighted by Crippen LogP contribution is -2.30. The maximum atomic E-state index is 12.4. The standard InChI is InChI=1S/C23H26N4O/c24-21-10-9-19(13-21)23(28)26-14-20-3-1-2-4-22(20)18-7-5-17(6-8-18)15-27-12-11-25-16-27/h1-8,11-12,16,19,21H,9-10,13-15,24H2,(H,26,28). The van der Waals surface area contributed by atoms with Crippen molar-refractivity contribution in [1.82, 2.24) is 14.9 Å². The van der Waals surface area contributed by atoms with Crippen LogP contribution < -0.4 is 11.1 Å². The molecule has 4 rings (SSSR count). The van der Waals surface area contributed by atoms with Gasteiger partial charge in [-0.25, -0.2) is 4.98 Å². The van der Waals surface area contributed by atoms with Crippen LogP contribution in [0.4, 0.5) is 0 Å². The van der Waals surface area contributed by atoms with Crippen molar-refractivity contribution < 1.29 is 4.79 Å². The first-order chi connectivity index (χ1) is 13.7. The number of amides is 1. The Hall–Kier alpha value is -2.92. The molecule has 1 saturated carbocycles. The predicted octanol–water partition coefficient (Wildman–Crippen LogP) is 3.34. The average Bonchev–Trinajstić information content (AvgIpc) is 3.39. The molecule has 0 radical (unpaired) electrons. The summed E-state index contributed by atoms with van der Waals surface area (Å²) in [5.74, 6) is 0.183. The zero-order valence-corrected chi connectivity index (χ0v) is 15.9. The monoisotopic (exact) mass is 374 g/mol. The number of carbonyl (C=O) groups excluding carboxylic acids is 1. The fourth-order valence-corrected chi connectivity index (χ4v) is 3.92. The molecule has 3 aromatic rings. The highest BCUT2D eigenvalue weighted by Gasteiger charge is 2.27. The Morgan fingerprint density at radius 3 is 2.68 bits per heavy atom. The van der Waals surface area contributed by atoms with E-state index in [1.165, 1.54) is 5.56 Å². The first kappa shape index (κ1) is 18.4. The largest absolute Gasteiger partial charge is 0.352 e. The van der Waals surface area contributed by atoms with Crippen molar-refractivity contribution >= 4 is 5.91 Å². The fraction of sp³-hybridized carbons (Fsp3) is 0.304. The number of aromatic nitrogens is 2. The first-order valence-corrected chi connectivity index (χ1v) is 9.85. The summed E-state index contributed by atoms with van der Waals surface area (Å²) in [6.45, 7) is 1.35. The van der Waals surface area contributed by atoms with Gasteiger partial charge >= 0.3 is 0 Å². The summed E-state index contributed by atoms with van der Waals surface area (Å²) in [6.07, 6.45) is 8.21. The highest BCUT2D eigenvalue weighted by atomic mass is 16.1. The fourth-order valence-electron chi connectivity index (χ4n) is 3.92. The van der Waals surface area contributed by atoms with Crippen molar-refractivity contribution in [3.63, 3.8) is 0 Å². The van der Waals surface area contributed by atoms with E-state index in [9.17, 15) is 4.79 Å². The van der Waals surface area contributed by atoms with Crippen LogP contribution in [0.3, 0.4) is 0 Å². The number of hydrogen-bond acceptors (Lipinski definition) is 3. The predicted molar refractivity (Wildman–Crippen MR) is 110 cm³/mol. The van der Waals surface area contributed by atoms with Crippen molar-refractivity contribution in [3.8, 4) is 11.1 Å². The Labute approximate surface area is 165 Å². The molecule has 2 unspecified atom stereocenters. The molecule has 2 aromatic carbocycles. The molecule has 1 aromatic heterocycles. The van der Waals surface area contributed by atoms with E-state index >= 15 is 0 Å². The van der Waals surface area contributed by atoms with Gasteiger partial charge < -0.3 is 15.6 Å². The van der Waals surface area contributed by atoms with Crippen LogP contribution in [0, 0.1) is 5.92 Å². The molecule has 1 aliphatic carbocycles. The molecule has 3 N–H and O–H groups in total. The topological polar surface area (TPSA) is 72.9 Å². The van der Waals surface area contributed by atoms with Gasteiger partial charge in [0.2, 0.25) is 5.91 Å². The van der Waals surface area contributed by atoms with Gasteiger partial charge in [0.05, 0.1) is 6.33 Å². The van der Waals surface area contributed by atoms with Crippen LogP contribution in [-0.4, -0.2) is 21.5 Å². The van der Waals surface area contributed by atoms with Crippen molar-refractivity contribution in [1.29, 1.82) is 0 Å². The van der Waals surface area contributed by atoms with Gasteiger partial charge in [0.1, 0.15) is 0 Å². The highest BCUT2D eigenvalue weighted by Crippen LogP contribution is 2.26. The third-order valence-corrected chi connectivity index (χ3v) is 5.50. The minimum atomic E-state index is 0.0598. The normalized spacial score (nSPS) is 18.9. The van der Waals surface area contributed by atoms with Gasteiger partial charge in [-0.2, -0.15) is 0 Å².